The van der Waals surface area contributed by atoms with Crippen LogP contribution in [0.4, 0.5) is 0 Å². The van der Waals surface area contributed by atoms with E-state index in [1.54, 1.807) is 0 Å². The van der Waals surface area contributed by atoms with E-state index in [1.807, 2.05) is 0 Å². The lowest BCUT2D eigenvalue weighted by atomic mass is 9.65. The minimum absolute atomic E-state index is 0.649. The topological polar surface area (TPSA) is 15.8 Å². The van der Waals surface area contributed by atoms with E-state index in [0.29, 0.717) is 5.92 Å². The van der Waals surface area contributed by atoms with Gasteiger partial charge in [0.15, 0.2) is 0 Å². The largest absolute Gasteiger partial charge is 0.361 e. The van der Waals surface area contributed by atoms with E-state index in [9.17, 15) is 0 Å². The van der Waals surface area contributed by atoms with Crippen molar-refractivity contribution in [1.82, 2.24) is 4.98 Å². The first kappa shape index (κ1) is 15.3. The van der Waals surface area contributed by atoms with E-state index < -0.39 is 0 Å². The smallest absolute Gasteiger partial charge is 0.0263 e. The molecule has 0 saturated heterocycles. The second-order valence-electron chi connectivity index (χ2n) is 8.01. The summed E-state index contributed by atoms with van der Waals surface area (Å²) in [5, 5.41) is 0. The molecule has 124 valence electrons. The molecule has 23 heavy (non-hydrogen) atoms. The van der Waals surface area contributed by atoms with Gasteiger partial charge in [-0.2, -0.15) is 0 Å². The summed E-state index contributed by atoms with van der Waals surface area (Å²) in [6, 6.07) is 0. The van der Waals surface area contributed by atoms with Gasteiger partial charge in [0.2, 0.25) is 0 Å². The molecule has 0 amide bonds. The second-order valence-corrected chi connectivity index (χ2v) is 8.01. The van der Waals surface area contributed by atoms with Gasteiger partial charge in [0.05, 0.1) is 0 Å². The van der Waals surface area contributed by atoms with Gasteiger partial charge in [0.1, 0.15) is 0 Å². The molecule has 1 fully saturated rings. The number of nitrogens with one attached hydrogen (secondary N) is 1. The fourth-order valence-corrected chi connectivity index (χ4v) is 5.51. The number of H-pyrrole nitrogens is 1. The van der Waals surface area contributed by atoms with Crippen molar-refractivity contribution in [3.63, 3.8) is 0 Å². The van der Waals surface area contributed by atoms with Crippen molar-refractivity contribution in [3.05, 3.63) is 34.7 Å². The van der Waals surface area contributed by atoms with Crippen LogP contribution in [0.15, 0.2) is 12.2 Å². The molecule has 1 aromatic rings. The molecule has 1 heteroatoms. The average molecular weight is 309 g/mol. The van der Waals surface area contributed by atoms with Crippen molar-refractivity contribution in [3.8, 4) is 0 Å². The minimum Gasteiger partial charge on any atom is -0.361 e. The molecule has 1 saturated carbocycles. The van der Waals surface area contributed by atoms with Crippen LogP contribution in [0.3, 0.4) is 0 Å². The Morgan fingerprint density at radius 2 is 2.00 bits per heavy atom. The molecule has 0 aliphatic heterocycles. The van der Waals surface area contributed by atoms with Gasteiger partial charge in [-0.1, -0.05) is 70.3 Å². The highest BCUT2D eigenvalue weighted by molar-refractivity contribution is 5.72. The fourth-order valence-electron chi connectivity index (χ4n) is 5.51. The number of hydrogen-bond donors (Lipinski definition) is 1. The molecule has 3 aliphatic rings. The van der Waals surface area contributed by atoms with E-state index in [4.69, 9.17) is 0 Å². The van der Waals surface area contributed by atoms with Crippen molar-refractivity contribution in [2.75, 3.05) is 0 Å². The summed E-state index contributed by atoms with van der Waals surface area (Å²) in [5.41, 5.74) is 5.96. The normalized spacial score (nSPS) is 32.6. The van der Waals surface area contributed by atoms with Gasteiger partial charge in [-0.05, 0) is 37.0 Å². The van der Waals surface area contributed by atoms with Crippen LogP contribution >= 0.6 is 0 Å². The van der Waals surface area contributed by atoms with Gasteiger partial charge >= 0.3 is 0 Å². The maximum absolute atomic E-state index is 3.82. The first-order chi connectivity index (χ1) is 11.3. The molecule has 0 radical (unpaired) electrons. The Morgan fingerprint density at radius 1 is 1.13 bits per heavy atom. The van der Waals surface area contributed by atoms with Gasteiger partial charge in [-0.15, -0.1) is 0 Å². The van der Waals surface area contributed by atoms with Crippen LogP contribution < -0.4 is 0 Å². The molecule has 1 aromatic heterocycles. The van der Waals surface area contributed by atoms with Gasteiger partial charge in [-0.25, -0.2) is 0 Å². The molecular formula is C22H31N. The van der Waals surface area contributed by atoms with Crippen LogP contribution in [0.5, 0.6) is 0 Å². The Bertz CT molecular complexity index is 616. The van der Waals surface area contributed by atoms with Crippen molar-refractivity contribution in [1.29, 1.82) is 0 Å². The number of fused-ring (bicyclic) bond motifs is 3. The van der Waals surface area contributed by atoms with E-state index in [1.165, 1.54) is 73.9 Å². The summed E-state index contributed by atoms with van der Waals surface area (Å²) in [7, 11) is 0. The Kier molecular flexibility index (Phi) is 4.22. The lowest BCUT2D eigenvalue weighted by Crippen LogP contribution is -2.30. The highest BCUT2D eigenvalue weighted by atomic mass is 14.8. The van der Waals surface area contributed by atoms with Crippen LogP contribution in [0.1, 0.15) is 87.2 Å². The third-order valence-corrected chi connectivity index (χ3v) is 6.68. The summed E-state index contributed by atoms with van der Waals surface area (Å²) >= 11 is 0. The number of aromatic amines is 1. The SMILES string of the molecule is CCCC1CCCCC1C1C=Cc2c([nH]c3c2C=CCC3)C1C. The molecule has 1 nitrogen and oxygen atoms in total. The molecule has 1 heterocycles. The van der Waals surface area contributed by atoms with Crippen LogP contribution in [0.25, 0.3) is 12.2 Å². The number of rotatable bonds is 3. The van der Waals surface area contributed by atoms with Crippen molar-refractivity contribution < 1.29 is 0 Å². The Morgan fingerprint density at radius 3 is 2.87 bits per heavy atom. The first-order valence-corrected chi connectivity index (χ1v) is 9.89. The Hall–Kier alpha value is -1.24. The van der Waals surface area contributed by atoms with E-state index in [-0.39, 0.29) is 0 Å². The third-order valence-electron chi connectivity index (χ3n) is 6.68. The van der Waals surface area contributed by atoms with Crippen LogP contribution in [0.2, 0.25) is 0 Å². The van der Waals surface area contributed by atoms with Crippen molar-refractivity contribution in [2.45, 2.75) is 71.1 Å². The zero-order chi connectivity index (χ0) is 15.8. The van der Waals surface area contributed by atoms with Crippen molar-refractivity contribution >= 4 is 12.2 Å². The predicted molar refractivity (Wildman–Crippen MR) is 99.4 cm³/mol. The van der Waals surface area contributed by atoms with Gasteiger partial charge in [-0.3, -0.25) is 0 Å². The summed E-state index contributed by atoms with van der Waals surface area (Å²) < 4.78 is 0. The molecule has 0 spiro atoms. The summed E-state index contributed by atoms with van der Waals surface area (Å²) in [5.74, 6) is 3.25. The summed E-state index contributed by atoms with van der Waals surface area (Å²) in [6.45, 7) is 4.82. The predicted octanol–water partition coefficient (Wildman–Crippen LogP) is 6.33. The zero-order valence-corrected chi connectivity index (χ0v) is 14.8. The monoisotopic (exact) mass is 309 g/mol. The standard InChI is InChI=1S/C22H31N/c1-3-8-16-9-4-5-10-18(16)17-13-14-20-19-11-6-7-12-21(19)23-22(20)15(17)2/h6,11,13-18,23H,3-5,7-10,12H2,1-2H3. The third kappa shape index (κ3) is 2.62. The van der Waals surface area contributed by atoms with Gasteiger partial charge in [0, 0.05) is 28.4 Å². The number of hydrogen-bond acceptors (Lipinski definition) is 0. The lowest BCUT2D eigenvalue weighted by molar-refractivity contribution is 0.160. The molecule has 4 unspecified atom stereocenters. The second kappa shape index (κ2) is 6.34. The number of aromatic nitrogens is 1. The average Bonchev–Trinajstić information content (AvgIpc) is 2.96. The molecule has 4 rings (SSSR count). The van der Waals surface area contributed by atoms with Crippen LogP contribution in [0, 0.1) is 17.8 Å². The highest BCUT2D eigenvalue weighted by Gasteiger charge is 2.36. The lowest BCUT2D eigenvalue weighted by Gasteiger charge is -2.40. The molecular weight excluding hydrogens is 278 g/mol. The van der Waals surface area contributed by atoms with Crippen LogP contribution in [-0.4, -0.2) is 4.98 Å². The summed E-state index contributed by atoms with van der Waals surface area (Å²) in [6.07, 6.45) is 20.7. The highest BCUT2D eigenvalue weighted by Crippen LogP contribution is 2.47. The molecule has 4 atom stereocenters. The minimum atomic E-state index is 0.649. The van der Waals surface area contributed by atoms with E-state index in [2.05, 4.69) is 43.1 Å². The molecule has 3 aliphatic carbocycles. The van der Waals surface area contributed by atoms with Crippen molar-refractivity contribution in [2.24, 2.45) is 17.8 Å². The maximum atomic E-state index is 3.82. The van der Waals surface area contributed by atoms with Crippen LogP contribution in [-0.2, 0) is 6.42 Å². The number of allylic oxidation sites excluding steroid dienone is 2. The molecule has 0 bridgehead atoms. The first-order valence-electron chi connectivity index (χ1n) is 9.89. The Balaban J connectivity index is 1.63. The summed E-state index contributed by atoms with van der Waals surface area (Å²) in [4.78, 5) is 3.82. The number of aryl methyl sites for hydroxylation is 1. The molecule has 0 aromatic carbocycles. The van der Waals surface area contributed by atoms with Gasteiger partial charge in [0.25, 0.3) is 0 Å². The van der Waals surface area contributed by atoms with E-state index >= 15 is 0 Å². The fraction of sp³-hybridized carbons (Fsp3) is 0.636. The zero-order valence-electron chi connectivity index (χ0n) is 14.8. The van der Waals surface area contributed by atoms with E-state index in [0.717, 1.165) is 17.8 Å². The Labute approximate surface area is 141 Å². The van der Waals surface area contributed by atoms with Gasteiger partial charge < -0.3 is 4.98 Å². The maximum Gasteiger partial charge on any atom is 0.0263 e. The molecule has 1 N–H and O–H groups in total. The quantitative estimate of drug-likeness (QED) is 0.671.